The van der Waals surface area contributed by atoms with Crippen LogP contribution in [0.15, 0.2) is 64.3 Å². The number of nitrogens with zero attached hydrogens (tertiary/aromatic N) is 1. The van der Waals surface area contributed by atoms with Crippen LogP contribution < -0.4 is 10.6 Å². The van der Waals surface area contributed by atoms with Crippen LogP contribution in [0.5, 0.6) is 0 Å². The highest BCUT2D eigenvalue weighted by Gasteiger charge is 2.38. The van der Waals surface area contributed by atoms with Gasteiger partial charge in [-0.1, -0.05) is 64.8 Å². The lowest BCUT2D eigenvalue weighted by Gasteiger charge is -2.33. The molecule has 2 N–H and O–H groups in total. The van der Waals surface area contributed by atoms with Gasteiger partial charge in [0.1, 0.15) is 0 Å². The molecule has 0 saturated heterocycles. The molecule has 2 aromatic rings. The first-order valence-electron chi connectivity index (χ1n) is 10.5. The molecule has 0 bridgehead atoms. The van der Waals surface area contributed by atoms with E-state index in [0.29, 0.717) is 50.3 Å². The number of carbonyl (C=O) groups is 2. The van der Waals surface area contributed by atoms with E-state index >= 15 is 0 Å². The predicted molar refractivity (Wildman–Crippen MR) is 133 cm³/mol. The second-order valence-electron chi connectivity index (χ2n) is 7.93. The predicted octanol–water partition coefficient (Wildman–Crippen LogP) is 6.10. The second-order valence-corrected chi connectivity index (χ2v) is 9.70. The third kappa shape index (κ3) is 4.96. The largest absolute Gasteiger partial charge is 0.352 e. The van der Waals surface area contributed by atoms with Gasteiger partial charge in [-0.3, -0.25) is 9.59 Å². The number of Topliss-reactive ketones (excluding diaryl/α,β-unsaturated/α-hetero) is 1. The second kappa shape index (κ2) is 10.0. The normalized spacial score (nSPS) is 17.9. The Morgan fingerprint density at radius 1 is 1.21 bits per heavy atom. The Labute approximate surface area is 206 Å². The highest BCUT2D eigenvalue weighted by molar-refractivity contribution is 8.03. The quantitative estimate of drug-likeness (QED) is 0.521. The molecule has 2 aromatic carbocycles. The van der Waals surface area contributed by atoms with Crippen molar-refractivity contribution < 1.29 is 9.59 Å². The van der Waals surface area contributed by atoms with Crippen LogP contribution in [-0.2, 0) is 9.59 Å². The Hall–Kier alpha value is -2.72. The van der Waals surface area contributed by atoms with Gasteiger partial charge in [-0.15, -0.1) is 0 Å². The Balaban J connectivity index is 1.65. The number of anilines is 1. The highest BCUT2D eigenvalue weighted by Crippen LogP contribution is 2.46. The van der Waals surface area contributed by atoms with E-state index in [2.05, 4.69) is 16.7 Å². The van der Waals surface area contributed by atoms with E-state index in [1.165, 1.54) is 11.8 Å². The van der Waals surface area contributed by atoms with Crippen molar-refractivity contribution in [1.82, 2.24) is 5.32 Å². The lowest BCUT2D eigenvalue weighted by atomic mass is 9.77. The number of thioether (sulfide) groups is 1. The molecule has 0 fully saturated rings. The van der Waals surface area contributed by atoms with Crippen molar-refractivity contribution >= 4 is 52.3 Å². The zero-order valence-corrected chi connectivity index (χ0v) is 20.2. The van der Waals surface area contributed by atoms with Crippen molar-refractivity contribution in [2.75, 3.05) is 11.1 Å². The topological polar surface area (TPSA) is 82.0 Å². The van der Waals surface area contributed by atoms with Crippen molar-refractivity contribution in [3.63, 3.8) is 0 Å². The van der Waals surface area contributed by atoms with E-state index in [0.717, 1.165) is 17.7 Å². The molecule has 1 atom stereocenters. The third-order valence-corrected chi connectivity index (χ3v) is 7.49. The van der Waals surface area contributed by atoms with Crippen LogP contribution in [0.4, 0.5) is 5.69 Å². The van der Waals surface area contributed by atoms with Crippen LogP contribution in [-0.4, -0.2) is 17.4 Å². The zero-order valence-electron chi connectivity index (χ0n) is 17.9. The molecule has 8 heteroatoms. The van der Waals surface area contributed by atoms with Gasteiger partial charge in [-0.05, 0) is 43.5 Å². The van der Waals surface area contributed by atoms with Gasteiger partial charge in [0.15, 0.2) is 5.78 Å². The molecule has 1 aliphatic carbocycles. The number of amides is 1. The SMILES string of the molecule is Cc1ccc(NC(=O)CSC2=C(C#N)[C@H](c3cccc(Cl)c3Cl)C3=C(CCCC3=O)N2)cc1. The fourth-order valence-electron chi connectivity index (χ4n) is 4.06. The molecule has 4 rings (SSSR count). The number of hydrogen-bond acceptors (Lipinski definition) is 5. The van der Waals surface area contributed by atoms with Gasteiger partial charge >= 0.3 is 0 Å². The van der Waals surface area contributed by atoms with Gasteiger partial charge in [0.25, 0.3) is 0 Å². The van der Waals surface area contributed by atoms with E-state index in [1.807, 2.05) is 31.2 Å². The van der Waals surface area contributed by atoms with E-state index in [4.69, 9.17) is 23.2 Å². The summed E-state index contributed by atoms with van der Waals surface area (Å²) in [5, 5.41) is 17.5. The van der Waals surface area contributed by atoms with Gasteiger partial charge in [0.05, 0.1) is 38.4 Å². The van der Waals surface area contributed by atoms with Crippen molar-refractivity contribution in [3.8, 4) is 6.07 Å². The fraction of sp³-hybridized carbons (Fsp3) is 0.240. The average Bonchev–Trinajstić information content (AvgIpc) is 2.80. The highest BCUT2D eigenvalue weighted by atomic mass is 35.5. The summed E-state index contributed by atoms with van der Waals surface area (Å²) in [4.78, 5) is 25.4. The van der Waals surface area contributed by atoms with E-state index in [-0.39, 0.29) is 17.4 Å². The first-order valence-corrected chi connectivity index (χ1v) is 12.2. The van der Waals surface area contributed by atoms with Crippen molar-refractivity contribution in [2.45, 2.75) is 32.1 Å². The fourth-order valence-corrected chi connectivity index (χ4v) is 5.34. The molecule has 1 heterocycles. The molecule has 1 aliphatic heterocycles. The summed E-state index contributed by atoms with van der Waals surface area (Å²) in [6.45, 7) is 1.98. The Morgan fingerprint density at radius 3 is 2.70 bits per heavy atom. The van der Waals surface area contributed by atoms with Gasteiger partial charge in [-0.2, -0.15) is 5.26 Å². The smallest absolute Gasteiger partial charge is 0.234 e. The van der Waals surface area contributed by atoms with E-state index in [9.17, 15) is 14.9 Å². The maximum atomic E-state index is 12.9. The van der Waals surface area contributed by atoms with Gasteiger partial charge in [-0.25, -0.2) is 0 Å². The number of rotatable bonds is 5. The Kier molecular flexibility index (Phi) is 7.14. The van der Waals surface area contributed by atoms with Crippen LogP contribution in [0.3, 0.4) is 0 Å². The maximum absolute atomic E-state index is 12.9. The summed E-state index contributed by atoms with van der Waals surface area (Å²) in [6.07, 6.45) is 1.85. The van der Waals surface area contributed by atoms with E-state index in [1.54, 1.807) is 18.2 Å². The lowest BCUT2D eigenvalue weighted by molar-refractivity contribution is -0.116. The van der Waals surface area contributed by atoms with Gasteiger partial charge in [0.2, 0.25) is 5.91 Å². The summed E-state index contributed by atoms with van der Waals surface area (Å²) in [6, 6.07) is 15.0. The number of carbonyl (C=O) groups excluding carboxylic acids is 2. The number of halogens is 2. The van der Waals surface area contributed by atoms with Crippen LogP contribution in [0.2, 0.25) is 10.0 Å². The monoisotopic (exact) mass is 497 g/mol. The molecule has 33 heavy (non-hydrogen) atoms. The third-order valence-electron chi connectivity index (χ3n) is 5.64. The minimum atomic E-state index is -0.618. The summed E-state index contributed by atoms with van der Waals surface area (Å²) in [7, 11) is 0. The minimum Gasteiger partial charge on any atom is -0.352 e. The van der Waals surface area contributed by atoms with Crippen LogP contribution in [0.1, 0.15) is 36.3 Å². The van der Waals surface area contributed by atoms with Crippen LogP contribution in [0, 0.1) is 18.3 Å². The van der Waals surface area contributed by atoms with Gasteiger partial charge in [0, 0.05) is 23.4 Å². The zero-order chi connectivity index (χ0) is 23.5. The van der Waals surface area contributed by atoms with Gasteiger partial charge < -0.3 is 10.6 Å². The molecule has 0 aromatic heterocycles. The molecule has 2 aliphatic rings. The standard InChI is InChI=1S/C25H21Cl2N3O2S/c1-14-8-10-15(11-9-14)29-21(32)13-33-25-17(12-28)22(16-4-2-5-18(26)24(16)27)23-19(30-25)6-3-7-20(23)31/h2,4-5,8-11,22,30H,3,6-7,13H2,1H3,(H,29,32)/t22-/m0/s1. The summed E-state index contributed by atoms with van der Waals surface area (Å²) < 4.78 is 0. The van der Waals surface area contributed by atoms with Crippen molar-refractivity contribution in [3.05, 3.63) is 85.5 Å². The average molecular weight is 498 g/mol. The Morgan fingerprint density at radius 2 is 1.97 bits per heavy atom. The summed E-state index contributed by atoms with van der Waals surface area (Å²) in [5.74, 6) is -0.701. The van der Waals surface area contributed by atoms with Crippen molar-refractivity contribution in [1.29, 1.82) is 5.26 Å². The van der Waals surface area contributed by atoms with E-state index < -0.39 is 5.92 Å². The number of ketones is 1. The number of hydrogen-bond donors (Lipinski definition) is 2. The molecule has 0 saturated carbocycles. The van der Waals surface area contributed by atoms with Crippen molar-refractivity contribution in [2.24, 2.45) is 0 Å². The first-order chi connectivity index (χ1) is 15.9. The molecule has 1 amide bonds. The maximum Gasteiger partial charge on any atom is 0.234 e. The first kappa shape index (κ1) is 23.4. The molecule has 0 spiro atoms. The summed E-state index contributed by atoms with van der Waals surface area (Å²) in [5.41, 5.74) is 4.15. The van der Waals surface area contributed by atoms with Crippen LogP contribution >= 0.6 is 35.0 Å². The number of allylic oxidation sites excluding steroid dienone is 3. The van der Waals surface area contributed by atoms with Crippen LogP contribution in [0.25, 0.3) is 0 Å². The molecular weight excluding hydrogens is 477 g/mol. The minimum absolute atomic E-state index is 0.00120. The summed E-state index contributed by atoms with van der Waals surface area (Å²) >= 11 is 14.0. The molecular formula is C25H21Cl2N3O2S. The number of nitrogens with one attached hydrogen (secondary N) is 2. The lowest BCUT2D eigenvalue weighted by Crippen LogP contribution is -2.32. The number of benzene rings is 2. The Bertz CT molecular complexity index is 1230. The molecule has 5 nitrogen and oxygen atoms in total. The molecule has 168 valence electrons. The molecule has 0 radical (unpaired) electrons. The number of dihydropyridines is 1. The number of nitriles is 1. The molecule has 0 unspecified atom stereocenters. The number of aryl methyl sites for hydroxylation is 1.